The Labute approximate surface area is 153 Å². The van der Waals surface area contributed by atoms with E-state index in [0.717, 1.165) is 5.56 Å². The molecule has 136 valence electrons. The molecule has 0 aliphatic heterocycles. The van der Waals surface area contributed by atoms with Crippen molar-refractivity contribution in [3.8, 4) is 0 Å². The number of rotatable bonds is 9. The van der Waals surface area contributed by atoms with Crippen molar-refractivity contribution in [2.75, 3.05) is 19.6 Å². The van der Waals surface area contributed by atoms with Crippen LogP contribution >= 0.6 is 0 Å². The lowest BCUT2D eigenvalue weighted by molar-refractivity contribution is -0.122. The molecule has 0 heterocycles. The van der Waals surface area contributed by atoms with Gasteiger partial charge in [-0.15, -0.1) is 0 Å². The molecule has 3 N–H and O–H groups in total. The van der Waals surface area contributed by atoms with Gasteiger partial charge in [-0.1, -0.05) is 48.5 Å². The fourth-order valence-electron chi connectivity index (χ4n) is 2.31. The zero-order valence-electron chi connectivity index (χ0n) is 14.5. The Morgan fingerprint density at radius 1 is 0.692 bits per heavy atom. The van der Waals surface area contributed by atoms with Crippen LogP contribution in [0.2, 0.25) is 0 Å². The molecule has 0 saturated heterocycles. The minimum atomic E-state index is -0.298. The largest absolute Gasteiger partial charge is 0.354 e. The van der Waals surface area contributed by atoms with Gasteiger partial charge in [-0.2, -0.15) is 0 Å². The van der Waals surface area contributed by atoms with Gasteiger partial charge in [-0.3, -0.25) is 14.4 Å². The monoisotopic (exact) mass is 353 g/mol. The lowest BCUT2D eigenvalue weighted by Crippen LogP contribution is -2.40. The van der Waals surface area contributed by atoms with E-state index in [-0.39, 0.29) is 24.3 Å². The number of nitrogens with one attached hydrogen (secondary N) is 3. The number of carbonyl (C=O) groups excluding carboxylic acids is 3. The first-order valence-corrected chi connectivity index (χ1v) is 8.56. The normalized spacial score (nSPS) is 10.0. The summed E-state index contributed by atoms with van der Waals surface area (Å²) < 4.78 is 0. The molecular weight excluding hydrogens is 330 g/mol. The molecular formula is C20H23N3O3. The molecule has 0 aromatic heterocycles. The van der Waals surface area contributed by atoms with Crippen LogP contribution in [-0.2, 0) is 16.0 Å². The van der Waals surface area contributed by atoms with Crippen LogP contribution in [0.5, 0.6) is 0 Å². The van der Waals surface area contributed by atoms with Crippen molar-refractivity contribution in [2.24, 2.45) is 0 Å². The standard InChI is InChI=1S/C20H23N3O3/c24-18(12-11-16-7-3-1-4-8-16)21-13-14-22-19(25)15-23-20(26)17-9-5-2-6-10-17/h1-10H,11-15H2,(H,21,24)(H,22,25)(H,23,26). The van der Waals surface area contributed by atoms with Crippen molar-refractivity contribution in [3.63, 3.8) is 0 Å². The highest BCUT2D eigenvalue weighted by atomic mass is 16.2. The zero-order chi connectivity index (χ0) is 18.6. The summed E-state index contributed by atoms with van der Waals surface area (Å²) in [5.74, 6) is -0.650. The van der Waals surface area contributed by atoms with Crippen LogP contribution in [0.25, 0.3) is 0 Å². The average Bonchev–Trinajstić information content (AvgIpc) is 2.69. The molecule has 0 radical (unpaired) electrons. The predicted octanol–water partition coefficient (Wildman–Crippen LogP) is 1.28. The van der Waals surface area contributed by atoms with Crippen LogP contribution in [0.15, 0.2) is 60.7 Å². The summed E-state index contributed by atoms with van der Waals surface area (Å²) in [6, 6.07) is 18.5. The van der Waals surface area contributed by atoms with Crippen molar-refractivity contribution in [2.45, 2.75) is 12.8 Å². The van der Waals surface area contributed by atoms with Gasteiger partial charge in [0.1, 0.15) is 0 Å². The van der Waals surface area contributed by atoms with Crippen LogP contribution in [0, 0.1) is 0 Å². The summed E-state index contributed by atoms with van der Waals surface area (Å²) in [5.41, 5.74) is 1.62. The van der Waals surface area contributed by atoms with E-state index in [1.807, 2.05) is 36.4 Å². The lowest BCUT2D eigenvalue weighted by Gasteiger charge is -2.08. The number of hydrogen-bond acceptors (Lipinski definition) is 3. The quantitative estimate of drug-likeness (QED) is 0.594. The Kier molecular flexibility index (Phi) is 7.86. The Bertz CT molecular complexity index is 718. The predicted molar refractivity (Wildman–Crippen MR) is 99.6 cm³/mol. The second kappa shape index (κ2) is 10.7. The minimum Gasteiger partial charge on any atom is -0.354 e. The minimum absolute atomic E-state index is 0.0551. The third-order valence-corrected chi connectivity index (χ3v) is 3.70. The third kappa shape index (κ3) is 7.17. The van der Waals surface area contributed by atoms with Crippen LogP contribution in [-0.4, -0.2) is 37.4 Å². The molecule has 0 bridgehead atoms. The molecule has 0 atom stereocenters. The smallest absolute Gasteiger partial charge is 0.251 e. The topological polar surface area (TPSA) is 87.3 Å². The molecule has 2 aromatic carbocycles. The molecule has 6 heteroatoms. The van der Waals surface area contributed by atoms with Gasteiger partial charge in [-0.05, 0) is 24.1 Å². The van der Waals surface area contributed by atoms with Gasteiger partial charge in [0.15, 0.2) is 0 Å². The first-order chi connectivity index (χ1) is 12.6. The van der Waals surface area contributed by atoms with E-state index in [4.69, 9.17) is 0 Å². The second-order valence-electron chi connectivity index (χ2n) is 5.73. The first-order valence-electron chi connectivity index (χ1n) is 8.56. The van der Waals surface area contributed by atoms with Gasteiger partial charge in [0.25, 0.3) is 5.91 Å². The number of hydrogen-bond donors (Lipinski definition) is 3. The SMILES string of the molecule is O=C(CCc1ccccc1)NCCNC(=O)CNC(=O)c1ccccc1. The van der Waals surface area contributed by atoms with E-state index >= 15 is 0 Å². The summed E-state index contributed by atoms with van der Waals surface area (Å²) >= 11 is 0. The Morgan fingerprint density at radius 2 is 1.27 bits per heavy atom. The van der Waals surface area contributed by atoms with E-state index in [9.17, 15) is 14.4 Å². The van der Waals surface area contributed by atoms with E-state index in [1.54, 1.807) is 24.3 Å². The molecule has 0 saturated carbocycles. The third-order valence-electron chi connectivity index (χ3n) is 3.70. The van der Waals surface area contributed by atoms with Crippen molar-refractivity contribution in [1.29, 1.82) is 0 Å². The zero-order valence-corrected chi connectivity index (χ0v) is 14.5. The average molecular weight is 353 g/mol. The molecule has 0 fully saturated rings. The Hall–Kier alpha value is -3.15. The summed E-state index contributed by atoms with van der Waals surface area (Å²) in [4.78, 5) is 35.3. The molecule has 26 heavy (non-hydrogen) atoms. The summed E-state index contributed by atoms with van der Waals surface area (Å²) in [6.07, 6.45) is 1.09. The number of benzene rings is 2. The fourth-order valence-corrected chi connectivity index (χ4v) is 2.31. The fraction of sp³-hybridized carbons (Fsp3) is 0.250. The van der Waals surface area contributed by atoms with Crippen molar-refractivity contribution in [3.05, 3.63) is 71.8 Å². The van der Waals surface area contributed by atoms with Gasteiger partial charge in [0.05, 0.1) is 6.54 Å². The highest BCUT2D eigenvalue weighted by Gasteiger charge is 2.07. The van der Waals surface area contributed by atoms with Crippen LogP contribution < -0.4 is 16.0 Å². The summed E-state index contributed by atoms with van der Waals surface area (Å²) in [6.45, 7) is 0.568. The van der Waals surface area contributed by atoms with E-state index in [1.165, 1.54) is 0 Å². The van der Waals surface area contributed by atoms with Gasteiger partial charge in [-0.25, -0.2) is 0 Å². The highest BCUT2D eigenvalue weighted by Crippen LogP contribution is 2.01. The molecule has 3 amide bonds. The maximum absolute atomic E-state index is 11.8. The molecule has 2 aromatic rings. The van der Waals surface area contributed by atoms with Gasteiger partial charge < -0.3 is 16.0 Å². The molecule has 0 aliphatic carbocycles. The Balaban J connectivity index is 1.54. The molecule has 0 spiro atoms. The Morgan fingerprint density at radius 3 is 1.92 bits per heavy atom. The highest BCUT2D eigenvalue weighted by molar-refractivity contribution is 5.96. The van der Waals surface area contributed by atoms with Gasteiger partial charge >= 0.3 is 0 Å². The van der Waals surface area contributed by atoms with E-state index in [2.05, 4.69) is 16.0 Å². The van der Waals surface area contributed by atoms with E-state index < -0.39 is 0 Å². The van der Waals surface area contributed by atoms with Crippen molar-refractivity contribution in [1.82, 2.24) is 16.0 Å². The molecule has 2 rings (SSSR count). The molecule has 0 unspecified atom stereocenters. The van der Waals surface area contributed by atoms with Crippen LogP contribution in [0.3, 0.4) is 0 Å². The lowest BCUT2D eigenvalue weighted by atomic mass is 10.1. The number of amides is 3. The summed E-state index contributed by atoms with van der Waals surface area (Å²) in [5, 5.41) is 7.96. The summed E-state index contributed by atoms with van der Waals surface area (Å²) in [7, 11) is 0. The molecule has 6 nitrogen and oxygen atoms in total. The van der Waals surface area contributed by atoms with Gasteiger partial charge in [0.2, 0.25) is 11.8 Å². The van der Waals surface area contributed by atoms with E-state index in [0.29, 0.717) is 31.5 Å². The maximum Gasteiger partial charge on any atom is 0.251 e. The van der Waals surface area contributed by atoms with Crippen LogP contribution in [0.1, 0.15) is 22.3 Å². The number of carbonyl (C=O) groups is 3. The number of aryl methyl sites for hydroxylation is 1. The van der Waals surface area contributed by atoms with Gasteiger partial charge in [0, 0.05) is 25.1 Å². The van der Waals surface area contributed by atoms with Crippen molar-refractivity contribution >= 4 is 17.7 Å². The second-order valence-corrected chi connectivity index (χ2v) is 5.73. The van der Waals surface area contributed by atoms with Crippen LogP contribution in [0.4, 0.5) is 0 Å². The van der Waals surface area contributed by atoms with Crippen molar-refractivity contribution < 1.29 is 14.4 Å². The first kappa shape index (κ1) is 19.2. The maximum atomic E-state index is 11.8. The molecule has 0 aliphatic rings.